The average Bonchev–Trinajstić information content (AvgIpc) is 3.15. The lowest BCUT2D eigenvalue weighted by molar-refractivity contribution is -0.149. The van der Waals surface area contributed by atoms with Crippen LogP contribution in [0.3, 0.4) is 0 Å². The van der Waals surface area contributed by atoms with E-state index in [9.17, 15) is 19.2 Å². The number of carbonyl (C=O) groups is 4. The molecule has 1 spiro atoms. The van der Waals surface area contributed by atoms with Crippen molar-refractivity contribution in [3.63, 3.8) is 0 Å². The summed E-state index contributed by atoms with van der Waals surface area (Å²) in [6.07, 6.45) is 3.30. The molecule has 1 saturated carbocycles. The number of rotatable bonds is 5. The van der Waals surface area contributed by atoms with E-state index in [4.69, 9.17) is 9.15 Å². The summed E-state index contributed by atoms with van der Waals surface area (Å²) in [5.41, 5.74) is -0.667. The van der Waals surface area contributed by atoms with Crippen LogP contribution in [-0.4, -0.2) is 48.0 Å². The third-order valence-electron chi connectivity index (χ3n) is 5.54. The highest BCUT2D eigenvalue weighted by atomic mass is 16.5. The minimum atomic E-state index is -0.914. The predicted octanol–water partition coefficient (Wildman–Crippen LogP) is 1.92. The maximum Gasteiger partial charge on any atom is 0.341 e. The van der Waals surface area contributed by atoms with Gasteiger partial charge in [-0.2, -0.15) is 0 Å². The van der Waals surface area contributed by atoms with Crippen LogP contribution in [0.5, 0.6) is 0 Å². The van der Waals surface area contributed by atoms with Gasteiger partial charge < -0.3 is 19.2 Å². The molecule has 0 aromatic carbocycles. The van der Waals surface area contributed by atoms with Gasteiger partial charge in [0.1, 0.15) is 35.8 Å². The van der Waals surface area contributed by atoms with Gasteiger partial charge in [0.2, 0.25) is 0 Å². The lowest BCUT2D eigenvalue weighted by Crippen LogP contribution is -2.54. The summed E-state index contributed by atoms with van der Waals surface area (Å²) in [7, 11) is 1.26. The van der Waals surface area contributed by atoms with E-state index < -0.39 is 30.1 Å². The zero-order valence-corrected chi connectivity index (χ0v) is 16.2. The Bertz CT molecular complexity index is 815. The van der Waals surface area contributed by atoms with Crippen molar-refractivity contribution in [2.45, 2.75) is 51.7 Å². The first kappa shape index (κ1) is 19.9. The van der Waals surface area contributed by atoms with Crippen molar-refractivity contribution in [1.82, 2.24) is 10.2 Å². The van der Waals surface area contributed by atoms with Gasteiger partial charge in [0, 0.05) is 0 Å². The number of aryl methyl sites for hydroxylation is 1. The molecule has 1 aromatic rings. The van der Waals surface area contributed by atoms with Crippen LogP contribution in [-0.2, 0) is 25.7 Å². The standard InChI is InChI=1S/C19H24N2O7/c1-11-6-4-5-7-19(11)17(24)21(18(25)20-19)9-15(22)27-10-13-8-14(12(2)28-13)16(23)26-3/h8,11H,4-7,9-10H2,1-3H3,(H,20,25)/t11-,19-/m1/s1. The molecule has 9 heteroatoms. The average molecular weight is 392 g/mol. The van der Waals surface area contributed by atoms with Gasteiger partial charge in [0.25, 0.3) is 5.91 Å². The van der Waals surface area contributed by atoms with Gasteiger partial charge in [-0.05, 0) is 31.7 Å². The van der Waals surface area contributed by atoms with E-state index in [0.717, 1.165) is 24.2 Å². The van der Waals surface area contributed by atoms with E-state index in [1.54, 1.807) is 6.92 Å². The molecule has 28 heavy (non-hydrogen) atoms. The number of nitrogens with zero attached hydrogens (tertiary/aromatic N) is 1. The van der Waals surface area contributed by atoms with E-state index in [1.807, 2.05) is 6.92 Å². The summed E-state index contributed by atoms with van der Waals surface area (Å²) in [4.78, 5) is 49.8. The zero-order valence-electron chi connectivity index (χ0n) is 16.2. The smallest absolute Gasteiger partial charge is 0.341 e. The van der Waals surface area contributed by atoms with Gasteiger partial charge in [-0.15, -0.1) is 0 Å². The van der Waals surface area contributed by atoms with Gasteiger partial charge in [0.15, 0.2) is 0 Å². The van der Waals surface area contributed by atoms with Crippen LogP contribution in [0.2, 0.25) is 0 Å². The Labute approximate surface area is 162 Å². The Morgan fingerprint density at radius 1 is 1.36 bits per heavy atom. The van der Waals surface area contributed by atoms with Crippen LogP contribution in [0.15, 0.2) is 10.5 Å². The van der Waals surface area contributed by atoms with E-state index in [-0.39, 0.29) is 29.8 Å². The van der Waals surface area contributed by atoms with E-state index in [0.29, 0.717) is 12.2 Å². The van der Waals surface area contributed by atoms with Crippen LogP contribution < -0.4 is 5.32 Å². The van der Waals surface area contributed by atoms with Gasteiger partial charge in [-0.3, -0.25) is 14.5 Å². The summed E-state index contributed by atoms with van der Waals surface area (Å²) in [5.74, 6) is -1.03. The van der Waals surface area contributed by atoms with E-state index in [2.05, 4.69) is 10.1 Å². The number of carbonyl (C=O) groups excluding carboxylic acids is 4. The highest BCUT2D eigenvalue weighted by Crippen LogP contribution is 2.38. The number of ether oxygens (including phenoxy) is 2. The van der Waals surface area contributed by atoms with E-state index in [1.165, 1.54) is 13.2 Å². The third kappa shape index (κ3) is 3.48. The molecule has 0 bridgehead atoms. The molecule has 1 N–H and O–H groups in total. The molecule has 0 radical (unpaired) electrons. The van der Waals surface area contributed by atoms with Crippen LogP contribution in [0.25, 0.3) is 0 Å². The Morgan fingerprint density at radius 2 is 2.11 bits per heavy atom. The number of amides is 3. The first-order valence-electron chi connectivity index (χ1n) is 9.26. The minimum Gasteiger partial charge on any atom is -0.465 e. The first-order valence-corrected chi connectivity index (χ1v) is 9.26. The number of hydrogen-bond acceptors (Lipinski definition) is 7. The van der Waals surface area contributed by atoms with Crippen LogP contribution >= 0.6 is 0 Å². The van der Waals surface area contributed by atoms with Crippen molar-refractivity contribution in [2.75, 3.05) is 13.7 Å². The lowest BCUT2D eigenvalue weighted by atomic mass is 9.73. The second-order valence-corrected chi connectivity index (χ2v) is 7.27. The number of methoxy groups -OCH3 is 1. The quantitative estimate of drug-likeness (QED) is 0.601. The van der Waals surface area contributed by atoms with Crippen molar-refractivity contribution in [3.8, 4) is 0 Å². The van der Waals surface area contributed by atoms with Crippen LogP contribution in [0.1, 0.15) is 54.5 Å². The molecule has 1 aromatic heterocycles. The second kappa shape index (κ2) is 7.65. The van der Waals surface area contributed by atoms with E-state index >= 15 is 0 Å². The van der Waals surface area contributed by atoms with Gasteiger partial charge in [-0.25, -0.2) is 9.59 Å². The molecule has 3 rings (SSSR count). The fraction of sp³-hybridized carbons (Fsp3) is 0.579. The molecular formula is C19H24N2O7. The van der Waals surface area contributed by atoms with Gasteiger partial charge in [0.05, 0.1) is 7.11 Å². The lowest BCUT2D eigenvalue weighted by Gasteiger charge is -2.36. The SMILES string of the molecule is COC(=O)c1cc(COC(=O)CN2C(=O)N[C@@]3(CCCC[C@H]3C)C2=O)oc1C. The largest absolute Gasteiger partial charge is 0.465 e. The Kier molecular flexibility index (Phi) is 5.44. The fourth-order valence-electron chi connectivity index (χ4n) is 3.89. The molecule has 3 amide bonds. The third-order valence-corrected chi connectivity index (χ3v) is 5.54. The first-order chi connectivity index (χ1) is 13.3. The van der Waals surface area contributed by atoms with Crippen molar-refractivity contribution in [2.24, 2.45) is 5.92 Å². The molecule has 1 saturated heterocycles. The summed E-state index contributed by atoms with van der Waals surface area (Å²) in [6.45, 7) is 2.84. The predicted molar refractivity (Wildman–Crippen MR) is 95.2 cm³/mol. The summed E-state index contributed by atoms with van der Waals surface area (Å²) in [6, 6.07) is 0.860. The Hall–Kier alpha value is -2.84. The maximum absolute atomic E-state index is 12.8. The highest BCUT2D eigenvalue weighted by Gasteiger charge is 2.55. The van der Waals surface area contributed by atoms with Crippen molar-refractivity contribution in [3.05, 3.63) is 23.2 Å². The molecule has 2 heterocycles. The van der Waals surface area contributed by atoms with Crippen LogP contribution in [0.4, 0.5) is 4.79 Å². The molecule has 152 valence electrons. The molecular weight excluding hydrogens is 368 g/mol. The molecule has 2 aliphatic rings. The molecule has 1 aliphatic carbocycles. The highest BCUT2D eigenvalue weighted by molar-refractivity contribution is 6.09. The van der Waals surface area contributed by atoms with Crippen LogP contribution in [0, 0.1) is 12.8 Å². The fourth-order valence-corrected chi connectivity index (χ4v) is 3.89. The molecule has 1 aliphatic heterocycles. The normalized spacial score (nSPS) is 24.4. The molecule has 9 nitrogen and oxygen atoms in total. The minimum absolute atomic E-state index is 0.0153. The Balaban J connectivity index is 1.60. The number of hydrogen-bond donors (Lipinski definition) is 1. The zero-order chi connectivity index (χ0) is 20.5. The molecule has 2 fully saturated rings. The number of esters is 2. The Morgan fingerprint density at radius 3 is 2.79 bits per heavy atom. The number of urea groups is 1. The van der Waals surface area contributed by atoms with Crippen molar-refractivity contribution in [1.29, 1.82) is 0 Å². The van der Waals surface area contributed by atoms with Gasteiger partial charge in [-0.1, -0.05) is 19.8 Å². The molecule has 0 unspecified atom stereocenters. The second-order valence-electron chi connectivity index (χ2n) is 7.27. The number of imide groups is 1. The van der Waals surface area contributed by atoms with Gasteiger partial charge >= 0.3 is 18.0 Å². The number of furan rings is 1. The maximum atomic E-state index is 12.8. The topological polar surface area (TPSA) is 115 Å². The van der Waals surface area contributed by atoms with Crippen molar-refractivity contribution >= 4 is 23.9 Å². The number of nitrogens with one attached hydrogen (secondary N) is 1. The summed E-state index contributed by atoms with van der Waals surface area (Å²) >= 11 is 0. The monoisotopic (exact) mass is 392 g/mol. The van der Waals surface area contributed by atoms with Crippen molar-refractivity contribution < 1.29 is 33.1 Å². The molecule has 2 atom stereocenters. The summed E-state index contributed by atoms with van der Waals surface area (Å²) < 4.78 is 15.1. The summed E-state index contributed by atoms with van der Waals surface area (Å²) in [5, 5.41) is 2.79.